The summed E-state index contributed by atoms with van der Waals surface area (Å²) in [7, 11) is 0. The fraction of sp³-hybridized carbons (Fsp3) is 0.200. The lowest BCUT2D eigenvalue weighted by atomic mass is 10.2. The van der Waals surface area contributed by atoms with Gasteiger partial charge in [-0.25, -0.2) is 14.1 Å². The molecular weight excluding hydrogens is 195 g/mol. The van der Waals surface area contributed by atoms with Crippen LogP contribution < -0.4 is 5.73 Å². The van der Waals surface area contributed by atoms with Crippen LogP contribution in [0.4, 0.5) is 4.39 Å². The van der Waals surface area contributed by atoms with E-state index < -0.39 is 0 Å². The molecule has 0 saturated heterocycles. The van der Waals surface area contributed by atoms with Gasteiger partial charge in [0.15, 0.2) is 5.82 Å². The largest absolute Gasteiger partial charge is 0.324 e. The molecule has 0 aliphatic carbocycles. The highest BCUT2D eigenvalue weighted by molar-refractivity contribution is 5.16. The number of rotatable bonds is 3. The van der Waals surface area contributed by atoms with Crippen molar-refractivity contribution in [2.24, 2.45) is 5.73 Å². The van der Waals surface area contributed by atoms with Gasteiger partial charge in [0.2, 0.25) is 0 Å². The molecule has 0 aliphatic heterocycles. The second-order valence-electron chi connectivity index (χ2n) is 3.19. The second-order valence-corrected chi connectivity index (χ2v) is 3.19. The number of hydrogen-bond donors (Lipinski definition) is 1. The van der Waals surface area contributed by atoms with Crippen LogP contribution in [0.25, 0.3) is 0 Å². The fourth-order valence-corrected chi connectivity index (χ4v) is 1.28. The molecule has 0 bridgehead atoms. The van der Waals surface area contributed by atoms with Gasteiger partial charge in [0.05, 0.1) is 13.1 Å². The molecule has 0 aliphatic rings. The molecule has 0 fully saturated rings. The molecule has 1 aromatic heterocycles. The van der Waals surface area contributed by atoms with Crippen molar-refractivity contribution >= 4 is 0 Å². The summed E-state index contributed by atoms with van der Waals surface area (Å²) < 4.78 is 14.3. The smallest absolute Gasteiger partial charge is 0.164 e. The van der Waals surface area contributed by atoms with E-state index in [9.17, 15) is 4.39 Å². The van der Waals surface area contributed by atoms with Gasteiger partial charge in [-0.3, -0.25) is 0 Å². The third kappa shape index (κ3) is 2.38. The zero-order chi connectivity index (χ0) is 10.7. The number of halogens is 1. The maximum atomic E-state index is 12.6. The minimum absolute atomic E-state index is 0.236. The summed E-state index contributed by atoms with van der Waals surface area (Å²) in [5, 5.41) is 4.13. The van der Waals surface area contributed by atoms with Crippen LogP contribution in [0.15, 0.2) is 30.6 Å². The standard InChI is InChI=1S/C10H11FN4/c11-9-3-1-8(2-4-9)6-15-7-13-10(5-12)14-15/h1-4,7H,5-6,12H2. The van der Waals surface area contributed by atoms with E-state index in [0.29, 0.717) is 18.9 Å². The molecule has 78 valence electrons. The predicted molar refractivity (Wildman–Crippen MR) is 53.4 cm³/mol. The minimum atomic E-state index is -0.236. The van der Waals surface area contributed by atoms with Crippen LogP contribution in [-0.2, 0) is 13.1 Å². The molecule has 2 N–H and O–H groups in total. The van der Waals surface area contributed by atoms with Gasteiger partial charge in [-0.2, -0.15) is 5.10 Å². The van der Waals surface area contributed by atoms with Crippen molar-refractivity contribution in [3.63, 3.8) is 0 Å². The van der Waals surface area contributed by atoms with Crippen molar-refractivity contribution in [1.82, 2.24) is 14.8 Å². The van der Waals surface area contributed by atoms with E-state index >= 15 is 0 Å². The van der Waals surface area contributed by atoms with Crippen molar-refractivity contribution < 1.29 is 4.39 Å². The van der Waals surface area contributed by atoms with Crippen molar-refractivity contribution in [3.8, 4) is 0 Å². The number of aromatic nitrogens is 3. The van der Waals surface area contributed by atoms with Gasteiger partial charge in [-0.1, -0.05) is 12.1 Å². The molecule has 0 unspecified atom stereocenters. The molecule has 15 heavy (non-hydrogen) atoms. The maximum Gasteiger partial charge on any atom is 0.164 e. The molecule has 5 heteroatoms. The van der Waals surface area contributed by atoms with Crippen LogP contribution in [-0.4, -0.2) is 14.8 Å². The summed E-state index contributed by atoms with van der Waals surface area (Å²) >= 11 is 0. The van der Waals surface area contributed by atoms with Crippen molar-refractivity contribution in [3.05, 3.63) is 47.8 Å². The summed E-state index contributed by atoms with van der Waals surface area (Å²) in [6.45, 7) is 0.906. The highest BCUT2D eigenvalue weighted by Gasteiger charge is 1.99. The highest BCUT2D eigenvalue weighted by atomic mass is 19.1. The van der Waals surface area contributed by atoms with E-state index in [0.717, 1.165) is 5.56 Å². The van der Waals surface area contributed by atoms with Crippen LogP contribution in [0.1, 0.15) is 11.4 Å². The first kappa shape index (κ1) is 9.79. The lowest BCUT2D eigenvalue weighted by Crippen LogP contribution is -2.03. The lowest BCUT2D eigenvalue weighted by Gasteiger charge is -2.00. The van der Waals surface area contributed by atoms with E-state index in [-0.39, 0.29) is 5.82 Å². The van der Waals surface area contributed by atoms with Crippen molar-refractivity contribution in [1.29, 1.82) is 0 Å². The zero-order valence-corrected chi connectivity index (χ0v) is 8.10. The third-order valence-electron chi connectivity index (χ3n) is 2.02. The quantitative estimate of drug-likeness (QED) is 0.812. The Morgan fingerprint density at radius 2 is 2.00 bits per heavy atom. The lowest BCUT2D eigenvalue weighted by molar-refractivity contribution is 0.623. The first-order valence-corrected chi connectivity index (χ1v) is 4.61. The first-order chi connectivity index (χ1) is 7.28. The molecule has 1 aromatic carbocycles. The average molecular weight is 206 g/mol. The first-order valence-electron chi connectivity index (χ1n) is 4.61. The monoisotopic (exact) mass is 206 g/mol. The molecule has 0 amide bonds. The molecule has 0 radical (unpaired) electrons. The molecule has 4 nitrogen and oxygen atoms in total. The Balaban J connectivity index is 2.11. The summed E-state index contributed by atoms with van der Waals surface area (Å²) in [6.07, 6.45) is 1.62. The van der Waals surface area contributed by atoms with E-state index in [4.69, 9.17) is 5.73 Å². The Morgan fingerprint density at radius 3 is 2.60 bits per heavy atom. The SMILES string of the molecule is NCc1ncn(Cc2ccc(F)cc2)n1. The van der Waals surface area contributed by atoms with E-state index in [1.807, 2.05) is 0 Å². The molecule has 0 atom stereocenters. The summed E-state index contributed by atoms with van der Waals surface area (Å²) in [4.78, 5) is 4.00. The van der Waals surface area contributed by atoms with Crippen LogP contribution in [0.5, 0.6) is 0 Å². The summed E-state index contributed by atoms with van der Waals surface area (Å²) in [6, 6.07) is 6.30. The maximum absolute atomic E-state index is 12.6. The van der Waals surface area contributed by atoms with Gasteiger partial charge < -0.3 is 5.73 Å². The van der Waals surface area contributed by atoms with Crippen molar-refractivity contribution in [2.75, 3.05) is 0 Å². The van der Waals surface area contributed by atoms with Gasteiger partial charge in [0.25, 0.3) is 0 Å². The second kappa shape index (κ2) is 4.18. The average Bonchev–Trinajstić information content (AvgIpc) is 2.69. The van der Waals surface area contributed by atoms with E-state index in [1.165, 1.54) is 12.1 Å². The van der Waals surface area contributed by atoms with Crippen LogP contribution in [0.2, 0.25) is 0 Å². The summed E-state index contributed by atoms with van der Waals surface area (Å²) in [5.74, 6) is 0.372. The topological polar surface area (TPSA) is 56.7 Å². The number of nitrogens with two attached hydrogens (primary N) is 1. The van der Waals surface area contributed by atoms with Gasteiger partial charge in [0, 0.05) is 0 Å². The molecule has 2 aromatic rings. The fourth-order valence-electron chi connectivity index (χ4n) is 1.28. The van der Waals surface area contributed by atoms with Gasteiger partial charge in [-0.15, -0.1) is 0 Å². The Kier molecular flexibility index (Phi) is 2.73. The van der Waals surface area contributed by atoms with Gasteiger partial charge in [-0.05, 0) is 17.7 Å². The third-order valence-corrected chi connectivity index (χ3v) is 2.02. The molecular formula is C10H11FN4. The molecule has 0 saturated carbocycles. The molecule has 2 rings (SSSR count). The van der Waals surface area contributed by atoms with Crippen molar-refractivity contribution in [2.45, 2.75) is 13.1 Å². The molecule has 0 spiro atoms. The number of hydrogen-bond acceptors (Lipinski definition) is 3. The highest BCUT2D eigenvalue weighted by Crippen LogP contribution is 2.04. The minimum Gasteiger partial charge on any atom is -0.324 e. The van der Waals surface area contributed by atoms with Gasteiger partial charge in [0.1, 0.15) is 12.1 Å². The normalized spacial score (nSPS) is 10.5. The van der Waals surface area contributed by atoms with Gasteiger partial charge >= 0.3 is 0 Å². The Labute approximate surface area is 86.6 Å². The zero-order valence-electron chi connectivity index (χ0n) is 8.10. The predicted octanol–water partition coefficient (Wildman–Crippen LogP) is 0.924. The Hall–Kier alpha value is -1.75. The van der Waals surface area contributed by atoms with Crippen LogP contribution in [0, 0.1) is 5.82 Å². The number of benzene rings is 1. The van der Waals surface area contributed by atoms with Crippen LogP contribution >= 0.6 is 0 Å². The van der Waals surface area contributed by atoms with E-state index in [1.54, 1.807) is 23.1 Å². The van der Waals surface area contributed by atoms with Crippen LogP contribution in [0.3, 0.4) is 0 Å². The Bertz CT molecular complexity index is 435. The number of nitrogens with zero attached hydrogens (tertiary/aromatic N) is 3. The van der Waals surface area contributed by atoms with E-state index in [2.05, 4.69) is 10.1 Å². The molecule has 1 heterocycles. The Morgan fingerprint density at radius 1 is 1.27 bits per heavy atom. The summed E-state index contributed by atoms with van der Waals surface area (Å²) in [5.41, 5.74) is 6.37.